The van der Waals surface area contributed by atoms with Crippen LogP contribution < -0.4 is 5.73 Å². The van der Waals surface area contributed by atoms with Gasteiger partial charge < -0.3 is 10.3 Å². The van der Waals surface area contributed by atoms with Crippen LogP contribution in [-0.2, 0) is 6.54 Å². The van der Waals surface area contributed by atoms with Gasteiger partial charge in [-0.3, -0.25) is 0 Å². The highest BCUT2D eigenvalue weighted by molar-refractivity contribution is 6.35. The van der Waals surface area contributed by atoms with Gasteiger partial charge in [-0.1, -0.05) is 29.1 Å². The number of aromatic nitrogens is 2. The van der Waals surface area contributed by atoms with E-state index in [1.54, 1.807) is 22.8 Å². The summed E-state index contributed by atoms with van der Waals surface area (Å²) in [6.07, 6.45) is 5.30. The molecule has 2 aromatic rings. The summed E-state index contributed by atoms with van der Waals surface area (Å²) >= 11 is 12.1. The summed E-state index contributed by atoms with van der Waals surface area (Å²) in [6.45, 7) is 2.22. The normalized spacial score (nSPS) is 10.3. The lowest BCUT2D eigenvalue weighted by atomic mass is 10.1. The van der Waals surface area contributed by atoms with Crippen molar-refractivity contribution in [1.82, 2.24) is 9.55 Å². The lowest BCUT2D eigenvalue weighted by Gasteiger charge is -2.05. The molecule has 3 nitrogen and oxygen atoms in total. The van der Waals surface area contributed by atoms with Gasteiger partial charge in [-0.25, -0.2) is 4.98 Å². The van der Waals surface area contributed by atoms with Gasteiger partial charge in [0.2, 0.25) is 0 Å². The number of imidazole rings is 1. The first-order valence-corrected chi connectivity index (χ1v) is 6.01. The summed E-state index contributed by atoms with van der Waals surface area (Å²) in [5, 5.41) is 1.13. The largest absolute Gasteiger partial charge is 0.383 e. The number of nitrogens with two attached hydrogens (primary N) is 1. The molecule has 0 aliphatic heterocycles. The van der Waals surface area contributed by atoms with Crippen LogP contribution in [0.25, 0.3) is 11.3 Å². The SMILES string of the molecule is C#CCn1c(C)nc(-c2cc(Cl)ccc2Cl)c1N. The second-order valence-electron chi connectivity index (χ2n) is 3.81. The smallest absolute Gasteiger partial charge is 0.132 e. The minimum absolute atomic E-state index is 0.378. The first-order chi connectivity index (χ1) is 8.54. The number of halogens is 2. The second-order valence-corrected chi connectivity index (χ2v) is 4.65. The summed E-state index contributed by atoms with van der Waals surface area (Å²) in [5.74, 6) is 3.78. The van der Waals surface area contributed by atoms with Crippen molar-refractivity contribution in [2.75, 3.05) is 5.73 Å². The van der Waals surface area contributed by atoms with Gasteiger partial charge in [-0.05, 0) is 25.1 Å². The zero-order valence-electron chi connectivity index (χ0n) is 9.74. The van der Waals surface area contributed by atoms with Gasteiger partial charge in [0.25, 0.3) is 0 Å². The molecule has 2 N–H and O–H groups in total. The van der Waals surface area contributed by atoms with Crippen LogP contribution >= 0.6 is 23.2 Å². The summed E-state index contributed by atoms with van der Waals surface area (Å²) in [6, 6.07) is 5.17. The maximum atomic E-state index is 6.14. The maximum Gasteiger partial charge on any atom is 0.132 e. The van der Waals surface area contributed by atoms with Gasteiger partial charge in [0, 0.05) is 10.6 Å². The molecule has 92 valence electrons. The third-order valence-corrected chi connectivity index (χ3v) is 3.20. The van der Waals surface area contributed by atoms with Gasteiger partial charge in [0.1, 0.15) is 17.3 Å². The van der Waals surface area contributed by atoms with Crippen molar-refractivity contribution in [1.29, 1.82) is 0 Å². The number of hydrogen-bond donors (Lipinski definition) is 1. The molecule has 0 radical (unpaired) electrons. The van der Waals surface area contributed by atoms with Crippen molar-refractivity contribution in [3.05, 3.63) is 34.1 Å². The predicted octanol–water partition coefficient (Wildman–Crippen LogP) is 3.38. The Labute approximate surface area is 116 Å². The van der Waals surface area contributed by atoms with Gasteiger partial charge in [0.15, 0.2) is 0 Å². The van der Waals surface area contributed by atoms with E-state index in [1.807, 2.05) is 6.92 Å². The first-order valence-electron chi connectivity index (χ1n) is 5.26. The molecule has 0 atom stereocenters. The van der Waals surface area contributed by atoms with E-state index in [0.29, 0.717) is 33.7 Å². The number of hydrogen-bond acceptors (Lipinski definition) is 2. The van der Waals surface area contributed by atoms with Crippen molar-refractivity contribution < 1.29 is 0 Å². The van der Waals surface area contributed by atoms with Crippen LogP contribution in [0.5, 0.6) is 0 Å². The highest BCUT2D eigenvalue weighted by Gasteiger charge is 2.15. The molecule has 2 rings (SSSR count). The molecule has 0 aliphatic rings. The summed E-state index contributed by atoms with van der Waals surface area (Å²) in [4.78, 5) is 4.40. The van der Waals surface area contributed by atoms with E-state index in [-0.39, 0.29) is 0 Å². The van der Waals surface area contributed by atoms with E-state index < -0.39 is 0 Å². The molecular weight excluding hydrogens is 269 g/mol. The molecular formula is C13H11Cl2N3. The van der Waals surface area contributed by atoms with Crippen molar-refractivity contribution in [2.24, 2.45) is 0 Å². The van der Waals surface area contributed by atoms with Crippen LogP contribution in [0, 0.1) is 19.3 Å². The Morgan fingerprint density at radius 3 is 2.83 bits per heavy atom. The summed E-state index contributed by atoms with van der Waals surface area (Å²) in [7, 11) is 0. The van der Waals surface area contributed by atoms with E-state index in [9.17, 15) is 0 Å². The highest BCUT2D eigenvalue weighted by atomic mass is 35.5. The van der Waals surface area contributed by atoms with Crippen molar-refractivity contribution >= 4 is 29.0 Å². The number of terminal acetylenes is 1. The van der Waals surface area contributed by atoms with E-state index in [1.165, 1.54) is 0 Å². The zero-order valence-corrected chi connectivity index (χ0v) is 11.3. The topological polar surface area (TPSA) is 43.8 Å². The Bertz CT molecular complexity index is 638. The van der Waals surface area contributed by atoms with Gasteiger partial charge in [-0.15, -0.1) is 6.42 Å². The first kappa shape index (κ1) is 12.8. The minimum atomic E-state index is 0.378. The fourth-order valence-electron chi connectivity index (χ4n) is 1.75. The molecule has 0 unspecified atom stereocenters. The number of anilines is 1. The molecule has 0 bridgehead atoms. The van der Waals surface area contributed by atoms with Crippen LogP contribution in [-0.4, -0.2) is 9.55 Å². The second kappa shape index (κ2) is 4.93. The number of nitrogen functional groups attached to an aromatic ring is 1. The lowest BCUT2D eigenvalue weighted by molar-refractivity contribution is 0.807. The molecule has 0 saturated heterocycles. The minimum Gasteiger partial charge on any atom is -0.383 e. The number of rotatable bonds is 2. The predicted molar refractivity (Wildman–Crippen MR) is 75.7 cm³/mol. The van der Waals surface area contributed by atoms with Crippen LogP contribution in [0.15, 0.2) is 18.2 Å². The average Bonchev–Trinajstić information content (AvgIpc) is 2.61. The van der Waals surface area contributed by atoms with Crippen molar-refractivity contribution in [3.63, 3.8) is 0 Å². The monoisotopic (exact) mass is 279 g/mol. The Morgan fingerprint density at radius 1 is 1.44 bits per heavy atom. The van der Waals surface area contributed by atoms with Gasteiger partial charge in [0.05, 0.1) is 11.6 Å². The van der Waals surface area contributed by atoms with E-state index >= 15 is 0 Å². The molecule has 0 fully saturated rings. The summed E-state index contributed by atoms with van der Waals surface area (Å²) < 4.78 is 1.76. The van der Waals surface area contributed by atoms with Gasteiger partial charge >= 0.3 is 0 Å². The molecule has 1 aromatic carbocycles. The maximum absolute atomic E-state index is 6.14. The number of benzene rings is 1. The molecule has 0 saturated carbocycles. The molecule has 0 aliphatic carbocycles. The zero-order chi connectivity index (χ0) is 13.3. The Balaban J connectivity index is 2.62. The quantitative estimate of drug-likeness (QED) is 0.857. The molecule has 18 heavy (non-hydrogen) atoms. The molecule has 1 aromatic heterocycles. The Kier molecular flexibility index (Phi) is 3.51. The van der Waals surface area contributed by atoms with E-state index in [2.05, 4.69) is 10.9 Å². The van der Waals surface area contributed by atoms with Crippen molar-refractivity contribution in [3.8, 4) is 23.6 Å². The molecule has 0 amide bonds. The molecule has 5 heteroatoms. The van der Waals surface area contributed by atoms with Crippen LogP contribution in [0.4, 0.5) is 5.82 Å². The fraction of sp³-hybridized carbons (Fsp3) is 0.154. The van der Waals surface area contributed by atoms with Crippen LogP contribution in [0.2, 0.25) is 10.0 Å². The average molecular weight is 280 g/mol. The fourth-order valence-corrected chi connectivity index (χ4v) is 2.13. The lowest BCUT2D eigenvalue weighted by Crippen LogP contribution is -2.03. The van der Waals surface area contributed by atoms with Gasteiger partial charge in [-0.2, -0.15) is 0 Å². The molecule has 0 spiro atoms. The van der Waals surface area contributed by atoms with Crippen LogP contribution in [0.3, 0.4) is 0 Å². The van der Waals surface area contributed by atoms with Crippen LogP contribution in [0.1, 0.15) is 5.82 Å². The van der Waals surface area contributed by atoms with E-state index in [0.717, 1.165) is 5.82 Å². The summed E-state index contributed by atoms with van der Waals surface area (Å²) in [5.41, 5.74) is 7.36. The highest BCUT2D eigenvalue weighted by Crippen LogP contribution is 2.33. The number of aryl methyl sites for hydroxylation is 1. The third kappa shape index (κ3) is 2.17. The Morgan fingerprint density at radius 2 is 2.17 bits per heavy atom. The van der Waals surface area contributed by atoms with Crippen molar-refractivity contribution in [2.45, 2.75) is 13.5 Å². The number of nitrogens with zero attached hydrogens (tertiary/aromatic N) is 2. The standard InChI is InChI=1S/C13H11Cl2N3/c1-3-6-18-8(2)17-12(13(18)16)10-7-9(14)4-5-11(10)15/h1,4-5,7H,6,16H2,2H3. The third-order valence-electron chi connectivity index (χ3n) is 2.63. The van der Waals surface area contributed by atoms with E-state index in [4.69, 9.17) is 35.4 Å². The Hall–Kier alpha value is -1.63. The molecule has 1 heterocycles.